The summed E-state index contributed by atoms with van der Waals surface area (Å²) in [6.07, 6.45) is 0. The maximum absolute atomic E-state index is 12.4. The number of anilines is 1. The van der Waals surface area contributed by atoms with Crippen LogP contribution in [-0.2, 0) is 14.9 Å². The molecule has 3 rings (SSSR count). The van der Waals surface area contributed by atoms with E-state index in [0.717, 1.165) is 0 Å². The number of amides is 1. The van der Waals surface area contributed by atoms with Crippen LogP contribution in [0.1, 0.15) is 22.8 Å². The van der Waals surface area contributed by atoms with Crippen LogP contribution in [0.25, 0.3) is 0 Å². The summed E-state index contributed by atoms with van der Waals surface area (Å²) in [5.74, 6) is -0.323. The van der Waals surface area contributed by atoms with E-state index < -0.39 is 10.1 Å². The molecular weight excluding hydrogens is 378 g/mol. The molecule has 0 aliphatic carbocycles. The zero-order valence-electron chi connectivity index (χ0n) is 15.0. The largest absolute Gasteiger partial charge is 0.379 e. The van der Waals surface area contributed by atoms with Gasteiger partial charge in [0.25, 0.3) is 0 Å². The van der Waals surface area contributed by atoms with Crippen molar-refractivity contribution >= 4 is 27.5 Å². The third-order valence-corrected chi connectivity index (χ3v) is 5.08. The molecule has 3 aromatic rings. The van der Waals surface area contributed by atoms with Crippen LogP contribution in [0.3, 0.4) is 0 Å². The molecule has 0 saturated carbocycles. The van der Waals surface area contributed by atoms with Gasteiger partial charge in [-0.2, -0.15) is 8.42 Å². The Morgan fingerprint density at radius 1 is 0.786 bits per heavy atom. The average molecular weight is 395 g/mol. The summed E-state index contributed by atoms with van der Waals surface area (Å²) in [5, 5.41) is 2.56. The molecule has 1 N–H and O–H groups in total. The number of ketones is 1. The molecule has 0 atom stereocenters. The minimum absolute atomic E-state index is 0.0500. The topological polar surface area (TPSA) is 89.5 Å². The first-order chi connectivity index (χ1) is 13.3. The van der Waals surface area contributed by atoms with Crippen molar-refractivity contribution in [1.82, 2.24) is 0 Å². The lowest BCUT2D eigenvalue weighted by atomic mass is 10.0. The van der Waals surface area contributed by atoms with E-state index in [-0.39, 0.29) is 22.3 Å². The van der Waals surface area contributed by atoms with Gasteiger partial charge in [-0.1, -0.05) is 30.3 Å². The van der Waals surface area contributed by atoms with Crippen LogP contribution in [0.15, 0.2) is 83.8 Å². The number of carbonyl (C=O) groups is 2. The third kappa shape index (κ3) is 4.63. The van der Waals surface area contributed by atoms with Crippen LogP contribution < -0.4 is 9.50 Å². The van der Waals surface area contributed by atoms with E-state index in [1.807, 2.05) is 6.07 Å². The van der Waals surface area contributed by atoms with E-state index in [1.54, 1.807) is 24.3 Å². The van der Waals surface area contributed by atoms with Gasteiger partial charge in [0.2, 0.25) is 5.91 Å². The molecule has 0 heterocycles. The normalized spacial score (nSPS) is 10.9. The fourth-order valence-corrected chi connectivity index (χ4v) is 3.43. The van der Waals surface area contributed by atoms with Gasteiger partial charge in [0.15, 0.2) is 5.78 Å². The molecule has 0 aliphatic heterocycles. The Labute approximate surface area is 162 Å². The Balaban J connectivity index is 1.74. The smallest absolute Gasteiger partial charge is 0.339 e. The summed E-state index contributed by atoms with van der Waals surface area (Å²) < 4.78 is 29.9. The highest BCUT2D eigenvalue weighted by Crippen LogP contribution is 2.21. The number of hydrogen-bond donors (Lipinski definition) is 1. The van der Waals surface area contributed by atoms with Crippen molar-refractivity contribution in [3.8, 4) is 5.75 Å². The summed E-state index contributed by atoms with van der Waals surface area (Å²) in [5.41, 5.74) is 1.45. The second-order valence-corrected chi connectivity index (χ2v) is 7.51. The maximum Gasteiger partial charge on any atom is 0.339 e. The monoisotopic (exact) mass is 395 g/mol. The predicted octanol–water partition coefficient (Wildman–Crippen LogP) is 3.64. The van der Waals surface area contributed by atoms with Crippen LogP contribution in [0, 0.1) is 0 Å². The number of nitrogens with one attached hydrogen (secondary N) is 1. The first-order valence-electron chi connectivity index (χ1n) is 8.37. The molecule has 1 amide bonds. The standard InChI is InChI=1S/C21H17NO5S/c1-15(23)22-18-9-13-20(14-10-18)28(25,26)27-19-11-7-17(8-12-19)21(24)16-5-3-2-4-6-16/h2-14H,1H3,(H,22,23). The minimum Gasteiger partial charge on any atom is -0.379 e. The van der Waals surface area contributed by atoms with Gasteiger partial charge in [-0.25, -0.2) is 0 Å². The van der Waals surface area contributed by atoms with Crippen molar-refractivity contribution in [1.29, 1.82) is 0 Å². The molecule has 7 heteroatoms. The quantitative estimate of drug-likeness (QED) is 0.508. The van der Waals surface area contributed by atoms with Gasteiger partial charge in [0.05, 0.1) is 0 Å². The Morgan fingerprint density at radius 2 is 1.36 bits per heavy atom. The molecule has 0 aliphatic rings. The molecule has 6 nitrogen and oxygen atoms in total. The Kier molecular flexibility index (Phi) is 5.56. The van der Waals surface area contributed by atoms with Gasteiger partial charge in [0, 0.05) is 23.7 Å². The van der Waals surface area contributed by atoms with Crippen molar-refractivity contribution < 1.29 is 22.2 Å². The third-order valence-electron chi connectivity index (χ3n) is 3.82. The van der Waals surface area contributed by atoms with Crippen LogP contribution in [0.5, 0.6) is 5.75 Å². The van der Waals surface area contributed by atoms with Crippen molar-refractivity contribution in [3.05, 3.63) is 90.0 Å². The lowest BCUT2D eigenvalue weighted by Gasteiger charge is -2.09. The second-order valence-electron chi connectivity index (χ2n) is 5.96. The van der Waals surface area contributed by atoms with Crippen LogP contribution in [0.4, 0.5) is 5.69 Å². The molecule has 0 aromatic heterocycles. The molecule has 142 valence electrons. The molecule has 3 aromatic carbocycles. The van der Waals surface area contributed by atoms with E-state index in [2.05, 4.69) is 5.32 Å². The lowest BCUT2D eigenvalue weighted by molar-refractivity contribution is -0.114. The molecule has 0 saturated heterocycles. The van der Waals surface area contributed by atoms with Crippen LogP contribution in [0.2, 0.25) is 0 Å². The summed E-state index contributed by atoms with van der Waals surface area (Å²) >= 11 is 0. The Hall–Kier alpha value is -3.45. The zero-order valence-corrected chi connectivity index (χ0v) is 15.8. The Bertz CT molecular complexity index is 1090. The molecular formula is C21H17NO5S. The molecule has 0 bridgehead atoms. The van der Waals surface area contributed by atoms with Crippen molar-refractivity contribution in [2.75, 3.05) is 5.32 Å². The van der Waals surface area contributed by atoms with Gasteiger partial charge in [-0.05, 0) is 48.5 Å². The van der Waals surface area contributed by atoms with E-state index in [9.17, 15) is 18.0 Å². The van der Waals surface area contributed by atoms with E-state index in [0.29, 0.717) is 16.8 Å². The number of carbonyl (C=O) groups excluding carboxylic acids is 2. The van der Waals surface area contributed by atoms with E-state index in [4.69, 9.17) is 4.18 Å². The van der Waals surface area contributed by atoms with Crippen LogP contribution in [-0.4, -0.2) is 20.1 Å². The van der Waals surface area contributed by atoms with Gasteiger partial charge >= 0.3 is 10.1 Å². The summed E-state index contributed by atoms with van der Waals surface area (Å²) in [6.45, 7) is 1.36. The van der Waals surface area contributed by atoms with Crippen molar-refractivity contribution in [2.24, 2.45) is 0 Å². The Morgan fingerprint density at radius 3 is 1.93 bits per heavy atom. The van der Waals surface area contributed by atoms with E-state index >= 15 is 0 Å². The van der Waals surface area contributed by atoms with Crippen molar-refractivity contribution in [2.45, 2.75) is 11.8 Å². The van der Waals surface area contributed by atoms with Gasteiger partial charge in [0.1, 0.15) is 10.6 Å². The second kappa shape index (κ2) is 8.06. The highest BCUT2D eigenvalue weighted by molar-refractivity contribution is 7.87. The van der Waals surface area contributed by atoms with Gasteiger partial charge < -0.3 is 9.50 Å². The van der Waals surface area contributed by atoms with Crippen molar-refractivity contribution in [3.63, 3.8) is 0 Å². The first-order valence-corrected chi connectivity index (χ1v) is 9.78. The zero-order chi connectivity index (χ0) is 20.1. The van der Waals surface area contributed by atoms with Gasteiger partial charge in [-0.3, -0.25) is 9.59 Å². The summed E-state index contributed by atoms with van der Waals surface area (Å²) in [4.78, 5) is 23.4. The van der Waals surface area contributed by atoms with Gasteiger partial charge in [-0.15, -0.1) is 0 Å². The molecule has 0 unspecified atom stereocenters. The predicted molar refractivity (Wildman–Crippen MR) is 105 cm³/mol. The number of benzene rings is 3. The lowest BCUT2D eigenvalue weighted by Crippen LogP contribution is -2.11. The van der Waals surface area contributed by atoms with E-state index in [1.165, 1.54) is 55.5 Å². The highest BCUT2D eigenvalue weighted by Gasteiger charge is 2.17. The van der Waals surface area contributed by atoms with Crippen LogP contribution >= 0.6 is 0 Å². The maximum atomic E-state index is 12.4. The minimum atomic E-state index is -4.04. The number of rotatable bonds is 6. The highest BCUT2D eigenvalue weighted by atomic mass is 32.2. The number of hydrogen-bond acceptors (Lipinski definition) is 5. The average Bonchev–Trinajstić information content (AvgIpc) is 2.68. The molecule has 28 heavy (non-hydrogen) atoms. The summed E-state index contributed by atoms with van der Waals surface area (Å²) in [6, 6.07) is 20.3. The summed E-state index contributed by atoms with van der Waals surface area (Å²) in [7, 11) is -4.04. The SMILES string of the molecule is CC(=O)Nc1ccc(S(=O)(=O)Oc2ccc(C(=O)c3ccccc3)cc2)cc1. The fraction of sp³-hybridized carbons (Fsp3) is 0.0476. The fourth-order valence-electron chi connectivity index (χ4n) is 2.50. The first kappa shape index (κ1) is 19.3. The molecule has 0 spiro atoms. The molecule has 0 fully saturated rings. The molecule has 0 radical (unpaired) electrons.